The van der Waals surface area contributed by atoms with Gasteiger partial charge in [-0.25, -0.2) is 0 Å². The quantitative estimate of drug-likeness (QED) is 0.645. The van der Waals surface area contributed by atoms with Crippen LogP contribution < -0.4 is 5.56 Å². The van der Waals surface area contributed by atoms with E-state index in [0.29, 0.717) is 0 Å². The molecule has 2 nitrogen and oxygen atoms in total. The summed E-state index contributed by atoms with van der Waals surface area (Å²) in [6, 6.07) is 5.80. The zero-order valence-corrected chi connectivity index (χ0v) is 8.72. The number of aromatic nitrogens is 1. The number of nitrogens with one attached hydrogen (secondary N) is 1. The molecule has 1 N–H and O–H groups in total. The zero-order valence-electron chi connectivity index (χ0n) is 8.72. The van der Waals surface area contributed by atoms with Crippen LogP contribution in [-0.4, -0.2) is 4.98 Å². The number of rotatable bonds is 0. The fraction of sp³-hybridized carbons (Fsp3) is 0.154. The molecule has 2 rings (SSSR count). The Bertz CT molecular complexity index is 626. The molecule has 15 heavy (non-hydrogen) atoms. The summed E-state index contributed by atoms with van der Waals surface area (Å²) in [6.45, 7) is 3.72. The molecule has 1 heterocycles. The smallest absolute Gasteiger partial charge is 0.256 e. The molecule has 2 aromatic rings. The third-order valence-corrected chi connectivity index (χ3v) is 2.40. The van der Waals surface area contributed by atoms with Gasteiger partial charge < -0.3 is 4.98 Å². The van der Waals surface area contributed by atoms with Crippen molar-refractivity contribution in [3.8, 4) is 11.8 Å². The highest BCUT2D eigenvalue weighted by Crippen LogP contribution is 2.16. The van der Waals surface area contributed by atoms with Crippen molar-refractivity contribution >= 4 is 10.8 Å². The minimum Gasteiger partial charge on any atom is -0.327 e. The summed E-state index contributed by atoms with van der Waals surface area (Å²) >= 11 is 0. The van der Waals surface area contributed by atoms with Crippen LogP contribution in [0.15, 0.2) is 29.2 Å². The molecule has 0 fully saturated rings. The molecular formula is C13H11NO. The average molecular weight is 197 g/mol. The molecule has 0 bridgehead atoms. The Labute approximate surface area is 88.0 Å². The number of hydrogen-bond acceptors (Lipinski definition) is 1. The molecule has 0 aliphatic heterocycles. The molecule has 1 aromatic carbocycles. The van der Waals surface area contributed by atoms with Crippen molar-refractivity contribution in [1.82, 2.24) is 4.98 Å². The zero-order chi connectivity index (χ0) is 10.8. The number of aryl methyl sites for hydroxylation is 1. The van der Waals surface area contributed by atoms with Gasteiger partial charge in [0.25, 0.3) is 5.56 Å². The Kier molecular flexibility index (Phi) is 2.31. The molecule has 74 valence electrons. The molecule has 0 aliphatic carbocycles. The van der Waals surface area contributed by atoms with Gasteiger partial charge in [0.1, 0.15) is 0 Å². The van der Waals surface area contributed by atoms with Crippen LogP contribution in [0.3, 0.4) is 0 Å². The van der Waals surface area contributed by atoms with Gasteiger partial charge >= 0.3 is 0 Å². The molecule has 0 unspecified atom stereocenters. The summed E-state index contributed by atoms with van der Waals surface area (Å²) in [5.74, 6) is 5.83. The van der Waals surface area contributed by atoms with Crippen molar-refractivity contribution in [2.24, 2.45) is 0 Å². The molecule has 1 aromatic heterocycles. The molecule has 0 atom stereocenters. The first-order valence-corrected chi connectivity index (χ1v) is 4.78. The maximum Gasteiger partial charge on any atom is 0.256 e. The topological polar surface area (TPSA) is 32.9 Å². The second kappa shape index (κ2) is 3.62. The molecule has 0 amide bonds. The third-order valence-electron chi connectivity index (χ3n) is 2.40. The predicted molar refractivity (Wildman–Crippen MR) is 61.9 cm³/mol. The average Bonchev–Trinajstić information content (AvgIpc) is 2.22. The van der Waals surface area contributed by atoms with Crippen LogP contribution in [0.2, 0.25) is 0 Å². The molecule has 0 saturated carbocycles. The highest BCUT2D eigenvalue weighted by Gasteiger charge is 2.04. The lowest BCUT2D eigenvalue weighted by Gasteiger charge is -2.02. The lowest BCUT2D eigenvalue weighted by Crippen LogP contribution is -2.07. The maximum absolute atomic E-state index is 11.7. The third kappa shape index (κ3) is 1.53. The van der Waals surface area contributed by atoms with Crippen LogP contribution >= 0.6 is 0 Å². The minimum atomic E-state index is -0.0512. The Morgan fingerprint density at radius 2 is 2.13 bits per heavy atom. The number of hydrogen-bond donors (Lipinski definition) is 1. The van der Waals surface area contributed by atoms with Crippen LogP contribution in [0.1, 0.15) is 18.1 Å². The van der Waals surface area contributed by atoms with E-state index in [2.05, 4.69) is 16.8 Å². The molecule has 0 radical (unpaired) electrons. The Balaban J connectivity index is 2.99. The van der Waals surface area contributed by atoms with E-state index in [1.54, 1.807) is 13.1 Å². The Morgan fingerprint density at radius 1 is 1.33 bits per heavy atom. The maximum atomic E-state index is 11.7. The first kappa shape index (κ1) is 9.54. The van der Waals surface area contributed by atoms with Crippen molar-refractivity contribution in [2.45, 2.75) is 13.8 Å². The SMILES string of the molecule is CC#Cc1c[nH]c(=O)c2c(C)cccc12. The van der Waals surface area contributed by atoms with Gasteiger partial charge in [0.15, 0.2) is 0 Å². The van der Waals surface area contributed by atoms with E-state index in [9.17, 15) is 4.79 Å². The summed E-state index contributed by atoms with van der Waals surface area (Å²) in [4.78, 5) is 14.4. The van der Waals surface area contributed by atoms with Crippen molar-refractivity contribution in [3.05, 3.63) is 45.9 Å². The first-order chi connectivity index (χ1) is 7.24. The fourth-order valence-corrected chi connectivity index (χ4v) is 1.72. The summed E-state index contributed by atoms with van der Waals surface area (Å²) in [7, 11) is 0. The largest absolute Gasteiger partial charge is 0.327 e. The Morgan fingerprint density at radius 3 is 2.87 bits per heavy atom. The predicted octanol–water partition coefficient (Wildman–Crippen LogP) is 2.21. The standard InChI is InChI=1S/C13H11NO/c1-3-5-10-8-14-13(15)12-9(2)6-4-7-11(10)12/h4,6-8H,1-2H3,(H,14,15). The Hall–Kier alpha value is -2.01. The van der Waals surface area contributed by atoms with Crippen molar-refractivity contribution in [3.63, 3.8) is 0 Å². The van der Waals surface area contributed by atoms with Gasteiger partial charge in [-0.05, 0) is 19.4 Å². The lowest BCUT2D eigenvalue weighted by molar-refractivity contribution is 1.26. The summed E-state index contributed by atoms with van der Waals surface area (Å²) in [6.07, 6.45) is 1.67. The van der Waals surface area contributed by atoms with Crippen LogP contribution in [-0.2, 0) is 0 Å². The van der Waals surface area contributed by atoms with Gasteiger partial charge in [-0.3, -0.25) is 4.79 Å². The van der Waals surface area contributed by atoms with E-state index in [4.69, 9.17) is 0 Å². The lowest BCUT2D eigenvalue weighted by atomic mass is 10.0. The number of aromatic amines is 1. The van der Waals surface area contributed by atoms with E-state index in [1.165, 1.54) is 0 Å². The van der Waals surface area contributed by atoms with E-state index in [1.807, 2.05) is 25.1 Å². The van der Waals surface area contributed by atoms with Gasteiger partial charge in [0.2, 0.25) is 0 Å². The molecular weight excluding hydrogens is 186 g/mol. The van der Waals surface area contributed by atoms with Gasteiger partial charge in [0.05, 0.1) is 5.39 Å². The number of fused-ring (bicyclic) bond motifs is 1. The van der Waals surface area contributed by atoms with Crippen LogP contribution in [0.25, 0.3) is 10.8 Å². The van der Waals surface area contributed by atoms with Gasteiger partial charge in [-0.15, -0.1) is 5.92 Å². The second-order valence-corrected chi connectivity index (χ2v) is 3.40. The summed E-state index contributed by atoms with van der Waals surface area (Å²) < 4.78 is 0. The van der Waals surface area contributed by atoms with Gasteiger partial charge in [-0.2, -0.15) is 0 Å². The highest BCUT2D eigenvalue weighted by molar-refractivity contribution is 5.89. The monoisotopic (exact) mass is 197 g/mol. The van der Waals surface area contributed by atoms with Crippen LogP contribution in [0.4, 0.5) is 0 Å². The fourth-order valence-electron chi connectivity index (χ4n) is 1.72. The van der Waals surface area contributed by atoms with Crippen molar-refractivity contribution in [1.29, 1.82) is 0 Å². The number of benzene rings is 1. The molecule has 2 heteroatoms. The van der Waals surface area contributed by atoms with Crippen LogP contribution in [0, 0.1) is 18.8 Å². The van der Waals surface area contributed by atoms with Gasteiger partial charge in [-0.1, -0.05) is 24.1 Å². The normalized spacial score (nSPS) is 9.73. The van der Waals surface area contributed by atoms with Crippen molar-refractivity contribution < 1.29 is 0 Å². The molecule has 0 spiro atoms. The summed E-state index contributed by atoms with van der Waals surface area (Å²) in [5.41, 5.74) is 1.80. The summed E-state index contributed by atoms with van der Waals surface area (Å²) in [5, 5.41) is 1.66. The van der Waals surface area contributed by atoms with E-state index < -0.39 is 0 Å². The second-order valence-electron chi connectivity index (χ2n) is 3.40. The van der Waals surface area contributed by atoms with E-state index in [-0.39, 0.29) is 5.56 Å². The minimum absolute atomic E-state index is 0.0512. The van der Waals surface area contributed by atoms with Crippen molar-refractivity contribution in [2.75, 3.05) is 0 Å². The first-order valence-electron chi connectivity index (χ1n) is 4.78. The molecule has 0 saturated heterocycles. The van der Waals surface area contributed by atoms with E-state index >= 15 is 0 Å². The van der Waals surface area contributed by atoms with Gasteiger partial charge in [0, 0.05) is 17.1 Å². The van der Waals surface area contributed by atoms with Crippen LogP contribution in [0.5, 0.6) is 0 Å². The van der Waals surface area contributed by atoms with E-state index in [0.717, 1.165) is 21.9 Å². The number of H-pyrrole nitrogens is 1. The molecule has 0 aliphatic rings. The number of pyridine rings is 1. The highest BCUT2D eigenvalue weighted by atomic mass is 16.1.